The van der Waals surface area contributed by atoms with E-state index in [0.717, 1.165) is 12.0 Å². The molecule has 18 heavy (non-hydrogen) atoms. The average Bonchev–Trinajstić information content (AvgIpc) is 2.29. The molecule has 1 aromatic rings. The van der Waals surface area contributed by atoms with Gasteiger partial charge in [-0.05, 0) is 31.4 Å². The molecule has 0 aliphatic rings. The Bertz CT molecular complexity index is 392. The summed E-state index contributed by atoms with van der Waals surface area (Å²) in [5, 5.41) is 11.3. The van der Waals surface area contributed by atoms with Gasteiger partial charge < -0.3 is 10.4 Å². The van der Waals surface area contributed by atoms with Crippen molar-refractivity contribution in [2.75, 3.05) is 0 Å². The zero-order chi connectivity index (χ0) is 13.4. The molecule has 0 bridgehead atoms. The molecule has 1 atom stereocenters. The first-order valence-electron chi connectivity index (χ1n) is 5.98. The number of nitrogens with zero attached hydrogens (tertiary/aromatic N) is 1. The maximum absolute atomic E-state index is 11.5. The van der Waals surface area contributed by atoms with Crippen molar-refractivity contribution in [3.8, 4) is 0 Å². The summed E-state index contributed by atoms with van der Waals surface area (Å²) < 4.78 is 0. The first kappa shape index (κ1) is 14.2. The molecule has 0 saturated carbocycles. The molecule has 0 unspecified atom stereocenters. The molecule has 5 heteroatoms. The monoisotopic (exact) mass is 250 g/mol. The standard InChI is InChI=1S/C13H18N2O3/c1-10(8-11-4-3-7-14-9-11)15-12(16)5-2-6-13(17)18/h3-4,7,9-10H,2,5-6,8H2,1H3,(H,15,16)(H,17,18)/t10-/m1/s1. The molecule has 0 spiro atoms. The molecule has 0 saturated heterocycles. The summed E-state index contributed by atoms with van der Waals surface area (Å²) >= 11 is 0. The van der Waals surface area contributed by atoms with E-state index in [9.17, 15) is 9.59 Å². The number of carboxylic acid groups (broad SMARTS) is 1. The number of nitrogens with one attached hydrogen (secondary N) is 1. The lowest BCUT2D eigenvalue weighted by Gasteiger charge is -2.13. The van der Waals surface area contributed by atoms with Gasteiger partial charge in [0, 0.05) is 31.3 Å². The minimum atomic E-state index is -0.869. The van der Waals surface area contributed by atoms with E-state index in [-0.39, 0.29) is 24.8 Å². The Morgan fingerprint density at radius 1 is 1.44 bits per heavy atom. The van der Waals surface area contributed by atoms with Crippen LogP contribution >= 0.6 is 0 Å². The highest BCUT2D eigenvalue weighted by Gasteiger charge is 2.08. The van der Waals surface area contributed by atoms with Gasteiger partial charge in [0.2, 0.25) is 5.91 Å². The quantitative estimate of drug-likeness (QED) is 0.766. The molecule has 0 aliphatic heterocycles. The van der Waals surface area contributed by atoms with Crippen LogP contribution in [0, 0.1) is 0 Å². The van der Waals surface area contributed by atoms with E-state index in [4.69, 9.17) is 5.11 Å². The number of carbonyl (C=O) groups is 2. The number of carbonyl (C=O) groups excluding carboxylic acids is 1. The zero-order valence-corrected chi connectivity index (χ0v) is 10.4. The fourth-order valence-electron chi connectivity index (χ4n) is 1.67. The van der Waals surface area contributed by atoms with Gasteiger partial charge in [-0.25, -0.2) is 0 Å². The summed E-state index contributed by atoms with van der Waals surface area (Å²) in [6.07, 6.45) is 4.86. The molecule has 0 radical (unpaired) electrons. The van der Waals surface area contributed by atoms with E-state index >= 15 is 0 Å². The van der Waals surface area contributed by atoms with Crippen molar-refractivity contribution in [2.45, 2.75) is 38.6 Å². The van der Waals surface area contributed by atoms with Crippen LogP contribution in [0.2, 0.25) is 0 Å². The Morgan fingerprint density at radius 2 is 2.22 bits per heavy atom. The lowest BCUT2D eigenvalue weighted by Crippen LogP contribution is -2.33. The van der Waals surface area contributed by atoms with Crippen LogP contribution in [0.1, 0.15) is 31.7 Å². The van der Waals surface area contributed by atoms with Gasteiger partial charge in [-0.2, -0.15) is 0 Å². The normalized spacial score (nSPS) is 11.8. The van der Waals surface area contributed by atoms with Crippen molar-refractivity contribution >= 4 is 11.9 Å². The second-order valence-electron chi connectivity index (χ2n) is 4.28. The van der Waals surface area contributed by atoms with Crippen LogP contribution in [-0.2, 0) is 16.0 Å². The molecule has 2 N–H and O–H groups in total. The second kappa shape index (κ2) is 7.42. The van der Waals surface area contributed by atoms with Crippen LogP contribution in [0.5, 0.6) is 0 Å². The molecule has 0 aromatic carbocycles. The number of hydrogen-bond donors (Lipinski definition) is 2. The summed E-state index contributed by atoms with van der Waals surface area (Å²) in [4.78, 5) is 25.8. The van der Waals surface area contributed by atoms with Crippen molar-refractivity contribution in [2.24, 2.45) is 0 Å². The molecule has 98 valence electrons. The Hall–Kier alpha value is -1.91. The highest BCUT2D eigenvalue weighted by atomic mass is 16.4. The number of amides is 1. The zero-order valence-electron chi connectivity index (χ0n) is 10.4. The van der Waals surface area contributed by atoms with Crippen LogP contribution in [0.3, 0.4) is 0 Å². The summed E-state index contributed by atoms with van der Waals surface area (Å²) in [7, 11) is 0. The van der Waals surface area contributed by atoms with E-state index < -0.39 is 5.97 Å². The van der Waals surface area contributed by atoms with Gasteiger partial charge in [0.05, 0.1) is 0 Å². The Balaban J connectivity index is 2.25. The van der Waals surface area contributed by atoms with Gasteiger partial charge in [-0.15, -0.1) is 0 Å². The van der Waals surface area contributed by atoms with Crippen molar-refractivity contribution in [1.29, 1.82) is 0 Å². The summed E-state index contributed by atoms with van der Waals surface area (Å²) in [5.41, 5.74) is 1.07. The smallest absolute Gasteiger partial charge is 0.303 e. The highest BCUT2D eigenvalue weighted by molar-refractivity contribution is 5.77. The maximum Gasteiger partial charge on any atom is 0.303 e. The number of pyridine rings is 1. The van der Waals surface area contributed by atoms with Gasteiger partial charge in [0.15, 0.2) is 0 Å². The average molecular weight is 250 g/mol. The SMILES string of the molecule is C[C@H](Cc1cccnc1)NC(=O)CCCC(=O)O. The van der Waals surface area contributed by atoms with E-state index in [1.165, 1.54) is 0 Å². The van der Waals surface area contributed by atoms with Gasteiger partial charge >= 0.3 is 5.97 Å². The van der Waals surface area contributed by atoms with E-state index in [2.05, 4.69) is 10.3 Å². The molecule has 0 aliphatic carbocycles. The molecule has 1 heterocycles. The number of aliphatic carboxylic acids is 1. The maximum atomic E-state index is 11.5. The number of carboxylic acids is 1. The fraction of sp³-hybridized carbons (Fsp3) is 0.462. The summed E-state index contributed by atoms with van der Waals surface area (Å²) in [6, 6.07) is 3.84. The molecule has 5 nitrogen and oxygen atoms in total. The Morgan fingerprint density at radius 3 is 2.83 bits per heavy atom. The van der Waals surface area contributed by atoms with Crippen LogP contribution in [0.15, 0.2) is 24.5 Å². The van der Waals surface area contributed by atoms with Crippen LogP contribution in [0.4, 0.5) is 0 Å². The number of aromatic nitrogens is 1. The van der Waals surface area contributed by atoms with Gasteiger partial charge in [0.1, 0.15) is 0 Å². The van der Waals surface area contributed by atoms with E-state index in [0.29, 0.717) is 6.42 Å². The van der Waals surface area contributed by atoms with Gasteiger partial charge in [0.25, 0.3) is 0 Å². The summed E-state index contributed by atoms with van der Waals surface area (Å²) in [6.45, 7) is 1.92. The topological polar surface area (TPSA) is 79.3 Å². The Kier molecular flexibility index (Phi) is 5.84. The minimum Gasteiger partial charge on any atom is -0.481 e. The fourth-order valence-corrected chi connectivity index (χ4v) is 1.67. The largest absolute Gasteiger partial charge is 0.481 e. The van der Waals surface area contributed by atoms with E-state index in [1.807, 2.05) is 19.1 Å². The van der Waals surface area contributed by atoms with Gasteiger partial charge in [-0.3, -0.25) is 14.6 Å². The van der Waals surface area contributed by atoms with Gasteiger partial charge in [-0.1, -0.05) is 6.07 Å². The first-order valence-corrected chi connectivity index (χ1v) is 5.98. The first-order chi connectivity index (χ1) is 8.58. The lowest BCUT2D eigenvalue weighted by molar-refractivity contribution is -0.137. The molecule has 1 rings (SSSR count). The van der Waals surface area contributed by atoms with Crippen LogP contribution in [-0.4, -0.2) is 28.0 Å². The van der Waals surface area contributed by atoms with Crippen LogP contribution < -0.4 is 5.32 Å². The number of rotatable bonds is 7. The predicted molar refractivity (Wildman–Crippen MR) is 67.0 cm³/mol. The highest BCUT2D eigenvalue weighted by Crippen LogP contribution is 2.02. The predicted octanol–water partition coefficient (Wildman–Crippen LogP) is 1.38. The molecule has 1 aromatic heterocycles. The van der Waals surface area contributed by atoms with Crippen molar-refractivity contribution < 1.29 is 14.7 Å². The summed E-state index contributed by atoms with van der Waals surface area (Å²) in [5.74, 6) is -0.973. The van der Waals surface area contributed by atoms with Crippen molar-refractivity contribution in [3.05, 3.63) is 30.1 Å². The Labute approximate surface area is 106 Å². The number of hydrogen-bond acceptors (Lipinski definition) is 3. The van der Waals surface area contributed by atoms with E-state index in [1.54, 1.807) is 12.4 Å². The minimum absolute atomic E-state index is 0.0199. The van der Waals surface area contributed by atoms with Crippen molar-refractivity contribution in [1.82, 2.24) is 10.3 Å². The molecular weight excluding hydrogens is 232 g/mol. The lowest BCUT2D eigenvalue weighted by atomic mass is 10.1. The third kappa shape index (κ3) is 5.98. The molecule has 0 fully saturated rings. The molecule has 1 amide bonds. The van der Waals surface area contributed by atoms with Crippen molar-refractivity contribution in [3.63, 3.8) is 0 Å². The molecular formula is C13H18N2O3. The third-order valence-electron chi connectivity index (χ3n) is 2.47. The second-order valence-corrected chi connectivity index (χ2v) is 4.28. The van der Waals surface area contributed by atoms with Crippen LogP contribution in [0.25, 0.3) is 0 Å². The third-order valence-corrected chi connectivity index (χ3v) is 2.47.